The molecule has 0 aromatic carbocycles. The Morgan fingerprint density at radius 2 is 2.41 bits per heavy atom. The lowest BCUT2D eigenvalue weighted by atomic mass is 9.79. The number of carbonyl (C=O) groups excluding carboxylic acids is 1. The number of hydrogen-bond donors (Lipinski definition) is 2. The lowest BCUT2D eigenvalue weighted by Crippen LogP contribution is -2.52. The minimum absolute atomic E-state index is 0.0351. The van der Waals surface area contributed by atoms with Crippen LogP contribution in [0, 0.1) is 0 Å². The van der Waals surface area contributed by atoms with Crippen molar-refractivity contribution in [2.75, 3.05) is 13.7 Å². The highest BCUT2D eigenvalue weighted by Gasteiger charge is 2.52. The summed E-state index contributed by atoms with van der Waals surface area (Å²) in [5, 5.41) is 16.6. The van der Waals surface area contributed by atoms with E-state index in [-0.39, 0.29) is 28.9 Å². The molecule has 1 saturated carbocycles. The summed E-state index contributed by atoms with van der Waals surface area (Å²) in [6.45, 7) is 0.682. The number of H-pyrrole nitrogens is 1. The zero-order valence-corrected chi connectivity index (χ0v) is 13.3. The third-order valence-corrected chi connectivity index (χ3v) is 5.13. The van der Waals surface area contributed by atoms with Gasteiger partial charge in [-0.1, -0.05) is 0 Å². The van der Waals surface area contributed by atoms with Crippen LogP contribution in [0.1, 0.15) is 37.9 Å². The normalized spacial score (nSPS) is 31.3. The second-order valence-corrected chi connectivity index (χ2v) is 6.44. The molecule has 3 atom stereocenters. The number of halogens is 1. The first-order valence-electron chi connectivity index (χ1n) is 7.63. The SMILES string of the molecule is CO[C@@]12CC[C@H](O)C[C@@H]1N(C(=O)CCc1nc(Cl)n[nH]1)CC2. The van der Waals surface area contributed by atoms with E-state index in [9.17, 15) is 9.90 Å². The van der Waals surface area contributed by atoms with E-state index in [4.69, 9.17) is 16.3 Å². The van der Waals surface area contributed by atoms with Gasteiger partial charge in [0, 0.05) is 26.5 Å². The number of ether oxygens (including phenoxy) is 1. The van der Waals surface area contributed by atoms with E-state index in [1.165, 1.54) is 0 Å². The quantitative estimate of drug-likeness (QED) is 0.857. The fourth-order valence-corrected chi connectivity index (χ4v) is 3.87. The van der Waals surface area contributed by atoms with Gasteiger partial charge in [-0.2, -0.15) is 0 Å². The van der Waals surface area contributed by atoms with E-state index in [0.29, 0.717) is 31.6 Å². The highest BCUT2D eigenvalue weighted by Crippen LogP contribution is 2.42. The summed E-state index contributed by atoms with van der Waals surface area (Å²) in [6, 6.07) is -0.0351. The Bertz CT molecular complexity index is 552. The van der Waals surface area contributed by atoms with Crippen molar-refractivity contribution >= 4 is 17.5 Å². The molecule has 7 nitrogen and oxygen atoms in total. The molecule has 0 radical (unpaired) electrons. The number of nitrogens with one attached hydrogen (secondary N) is 1. The molecule has 3 rings (SSSR count). The van der Waals surface area contributed by atoms with Crippen molar-refractivity contribution in [1.29, 1.82) is 0 Å². The van der Waals surface area contributed by atoms with Crippen molar-refractivity contribution in [1.82, 2.24) is 20.1 Å². The van der Waals surface area contributed by atoms with Crippen LogP contribution in [0.3, 0.4) is 0 Å². The smallest absolute Gasteiger partial charge is 0.242 e. The number of aryl methyl sites for hydroxylation is 1. The molecule has 2 N–H and O–H groups in total. The fraction of sp³-hybridized carbons (Fsp3) is 0.786. The van der Waals surface area contributed by atoms with Crippen LogP contribution in [-0.2, 0) is 16.0 Å². The summed E-state index contributed by atoms with van der Waals surface area (Å²) in [7, 11) is 1.70. The number of hydrogen-bond acceptors (Lipinski definition) is 5. The van der Waals surface area contributed by atoms with E-state index >= 15 is 0 Å². The van der Waals surface area contributed by atoms with Gasteiger partial charge in [-0.15, -0.1) is 5.10 Å². The summed E-state index contributed by atoms with van der Waals surface area (Å²) in [6.07, 6.45) is 3.44. The van der Waals surface area contributed by atoms with Crippen LogP contribution >= 0.6 is 11.6 Å². The number of carbonyl (C=O) groups is 1. The molecule has 1 aromatic heterocycles. The van der Waals surface area contributed by atoms with Gasteiger partial charge in [0.1, 0.15) is 5.82 Å². The van der Waals surface area contributed by atoms with E-state index in [2.05, 4.69) is 15.2 Å². The maximum Gasteiger partial charge on any atom is 0.242 e. The lowest BCUT2D eigenvalue weighted by molar-refractivity contribution is -0.139. The molecule has 0 bridgehead atoms. The molecule has 1 aliphatic heterocycles. The van der Waals surface area contributed by atoms with Crippen molar-refractivity contribution in [3.05, 3.63) is 11.1 Å². The standard InChI is InChI=1S/C14H21ClN4O3/c1-22-14-5-4-9(20)8-10(14)19(7-6-14)12(21)3-2-11-16-13(15)18-17-11/h9-10,20H,2-8H2,1H3,(H,16,17,18)/t9-,10-,14+/m0/s1. The first-order chi connectivity index (χ1) is 10.5. The molecule has 2 heterocycles. The van der Waals surface area contributed by atoms with E-state index in [1.54, 1.807) is 7.11 Å². The molecule has 1 saturated heterocycles. The number of methoxy groups -OCH3 is 1. The maximum atomic E-state index is 12.5. The van der Waals surface area contributed by atoms with Gasteiger partial charge in [-0.3, -0.25) is 9.89 Å². The first kappa shape index (κ1) is 15.7. The van der Waals surface area contributed by atoms with Gasteiger partial charge in [-0.25, -0.2) is 4.98 Å². The van der Waals surface area contributed by atoms with Crippen LogP contribution in [0.5, 0.6) is 0 Å². The van der Waals surface area contributed by atoms with Crippen molar-refractivity contribution in [2.45, 2.75) is 56.3 Å². The predicted octanol–water partition coefficient (Wildman–Crippen LogP) is 0.922. The molecule has 22 heavy (non-hydrogen) atoms. The van der Waals surface area contributed by atoms with E-state index in [1.807, 2.05) is 4.90 Å². The highest BCUT2D eigenvalue weighted by molar-refractivity contribution is 6.28. The highest BCUT2D eigenvalue weighted by atomic mass is 35.5. The molecule has 1 aromatic rings. The number of aliphatic hydroxyl groups excluding tert-OH is 1. The van der Waals surface area contributed by atoms with Gasteiger partial charge in [0.05, 0.1) is 17.7 Å². The molecule has 0 unspecified atom stereocenters. The van der Waals surface area contributed by atoms with Crippen LogP contribution < -0.4 is 0 Å². The fourth-order valence-electron chi connectivity index (χ4n) is 3.73. The Labute approximate surface area is 134 Å². The molecule has 1 amide bonds. The Balaban J connectivity index is 1.64. The average Bonchev–Trinajstić information content (AvgIpc) is 3.09. The second-order valence-electron chi connectivity index (χ2n) is 6.10. The van der Waals surface area contributed by atoms with Crippen LogP contribution in [0.2, 0.25) is 5.28 Å². The minimum Gasteiger partial charge on any atom is -0.393 e. The van der Waals surface area contributed by atoms with Crippen molar-refractivity contribution in [3.63, 3.8) is 0 Å². The molecule has 2 fully saturated rings. The second kappa shape index (κ2) is 6.14. The van der Waals surface area contributed by atoms with Crippen molar-refractivity contribution in [3.8, 4) is 0 Å². The minimum atomic E-state index is -0.352. The van der Waals surface area contributed by atoms with Gasteiger partial charge in [0.25, 0.3) is 0 Å². The molecule has 0 spiro atoms. The summed E-state index contributed by atoms with van der Waals surface area (Å²) < 4.78 is 5.75. The summed E-state index contributed by atoms with van der Waals surface area (Å²) >= 11 is 5.65. The zero-order chi connectivity index (χ0) is 15.7. The Morgan fingerprint density at radius 3 is 3.09 bits per heavy atom. The summed E-state index contributed by atoms with van der Waals surface area (Å²) in [5.74, 6) is 0.671. The Hall–Kier alpha value is -1.18. The third kappa shape index (κ3) is 2.85. The summed E-state index contributed by atoms with van der Waals surface area (Å²) in [4.78, 5) is 18.4. The number of rotatable bonds is 4. The number of aliphatic hydroxyl groups is 1. The summed E-state index contributed by atoms with van der Waals surface area (Å²) in [5.41, 5.74) is -0.287. The number of nitrogens with zero attached hydrogens (tertiary/aromatic N) is 3. The third-order valence-electron chi connectivity index (χ3n) is 4.96. The van der Waals surface area contributed by atoms with Crippen molar-refractivity contribution < 1.29 is 14.6 Å². The molecular weight excluding hydrogens is 308 g/mol. The van der Waals surface area contributed by atoms with Crippen LogP contribution in [0.25, 0.3) is 0 Å². The van der Waals surface area contributed by atoms with Gasteiger partial charge >= 0.3 is 0 Å². The topological polar surface area (TPSA) is 91.3 Å². The number of aromatic amines is 1. The molecule has 1 aliphatic carbocycles. The van der Waals surface area contributed by atoms with E-state index < -0.39 is 0 Å². The largest absolute Gasteiger partial charge is 0.393 e. The van der Waals surface area contributed by atoms with E-state index in [0.717, 1.165) is 19.3 Å². The lowest BCUT2D eigenvalue weighted by Gasteiger charge is -2.42. The predicted molar refractivity (Wildman–Crippen MR) is 79.4 cm³/mol. The van der Waals surface area contributed by atoms with Gasteiger partial charge in [0.2, 0.25) is 11.2 Å². The number of fused-ring (bicyclic) bond motifs is 1. The molecule has 122 valence electrons. The van der Waals surface area contributed by atoms with Crippen LogP contribution in [0.15, 0.2) is 0 Å². The number of likely N-dealkylation sites (tertiary alicyclic amines) is 1. The molecule has 8 heteroatoms. The zero-order valence-electron chi connectivity index (χ0n) is 12.6. The maximum absolute atomic E-state index is 12.5. The van der Waals surface area contributed by atoms with Crippen LogP contribution in [-0.4, -0.2) is 62.5 Å². The molecule has 2 aliphatic rings. The number of aromatic nitrogens is 3. The first-order valence-corrected chi connectivity index (χ1v) is 8.01. The van der Waals surface area contributed by atoms with Gasteiger partial charge < -0.3 is 14.7 Å². The van der Waals surface area contributed by atoms with Crippen molar-refractivity contribution in [2.24, 2.45) is 0 Å². The number of amides is 1. The average molecular weight is 329 g/mol. The van der Waals surface area contributed by atoms with Gasteiger partial charge in [-0.05, 0) is 37.3 Å². The van der Waals surface area contributed by atoms with Crippen LogP contribution in [0.4, 0.5) is 0 Å². The monoisotopic (exact) mass is 328 g/mol. The molecular formula is C14H21ClN4O3. The Morgan fingerprint density at radius 1 is 1.59 bits per heavy atom. The van der Waals surface area contributed by atoms with Gasteiger partial charge in [0.15, 0.2) is 0 Å². The Kier molecular flexibility index (Phi) is 4.38.